The van der Waals surface area contributed by atoms with Gasteiger partial charge in [0.05, 0.1) is 5.69 Å². The Hall–Kier alpha value is -1.42. The SMILES string of the molecule is CC.CCC(ONC(=O)C1CC1)c1ccccn1. The van der Waals surface area contributed by atoms with Crippen LogP contribution in [0.25, 0.3) is 0 Å². The molecule has 0 radical (unpaired) electrons. The molecule has 1 unspecified atom stereocenters. The Morgan fingerprint density at radius 2 is 2.22 bits per heavy atom. The summed E-state index contributed by atoms with van der Waals surface area (Å²) in [6.45, 7) is 6.00. The van der Waals surface area contributed by atoms with Crippen LogP contribution in [0, 0.1) is 5.92 Å². The van der Waals surface area contributed by atoms with Gasteiger partial charge in [0.25, 0.3) is 0 Å². The van der Waals surface area contributed by atoms with Crippen molar-refractivity contribution >= 4 is 5.91 Å². The average Bonchev–Trinajstić information content (AvgIpc) is 3.27. The maximum Gasteiger partial charge on any atom is 0.246 e. The molecule has 1 atom stereocenters. The molecule has 1 fully saturated rings. The predicted octanol–water partition coefficient (Wildman–Crippen LogP) is 3.02. The van der Waals surface area contributed by atoms with Gasteiger partial charge in [0.2, 0.25) is 5.91 Å². The summed E-state index contributed by atoms with van der Waals surface area (Å²) >= 11 is 0. The summed E-state index contributed by atoms with van der Waals surface area (Å²) in [4.78, 5) is 21.0. The van der Waals surface area contributed by atoms with Crippen molar-refractivity contribution in [2.45, 2.75) is 46.1 Å². The fraction of sp³-hybridized carbons (Fsp3) is 0.571. The molecule has 0 aromatic carbocycles. The summed E-state index contributed by atoms with van der Waals surface area (Å²) in [5.74, 6) is 0.163. The van der Waals surface area contributed by atoms with E-state index in [0.29, 0.717) is 0 Å². The fourth-order valence-corrected chi connectivity index (χ4v) is 1.48. The minimum absolute atomic E-state index is 0.00520. The highest BCUT2D eigenvalue weighted by molar-refractivity contribution is 5.79. The molecule has 1 N–H and O–H groups in total. The van der Waals surface area contributed by atoms with Crippen LogP contribution in [0.1, 0.15) is 51.8 Å². The Morgan fingerprint density at radius 1 is 1.50 bits per heavy atom. The van der Waals surface area contributed by atoms with E-state index < -0.39 is 0 Å². The van der Waals surface area contributed by atoms with Crippen LogP contribution in [0.3, 0.4) is 0 Å². The van der Waals surface area contributed by atoms with Crippen molar-refractivity contribution in [2.75, 3.05) is 0 Å². The molecule has 18 heavy (non-hydrogen) atoms. The van der Waals surface area contributed by atoms with Gasteiger partial charge in [0.1, 0.15) is 6.10 Å². The first-order chi connectivity index (χ1) is 8.81. The zero-order chi connectivity index (χ0) is 13.4. The van der Waals surface area contributed by atoms with Gasteiger partial charge in [-0.2, -0.15) is 0 Å². The molecular formula is C14H22N2O2. The highest BCUT2D eigenvalue weighted by Crippen LogP contribution is 2.29. The van der Waals surface area contributed by atoms with Gasteiger partial charge in [-0.25, -0.2) is 5.48 Å². The highest BCUT2D eigenvalue weighted by atomic mass is 16.7. The smallest absolute Gasteiger partial charge is 0.246 e. The summed E-state index contributed by atoms with van der Waals surface area (Å²) in [5.41, 5.74) is 3.36. The van der Waals surface area contributed by atoms with Gasteiger partial charge < -0.3 is 0 Å². The maximum atomic E-state index is 11.4. The van der Waals surface area contributed by atoms with Gasteiger partial charge in [0, 0.05) is 12.1 Å². The number of pyridine rings is 1. The largest absolute Gasteiger partial charge is 0.272 e. The lowest BCUT2D eigenvalue weighted by Gasteiger charge is -2.15. The number of hydrogen-bond acceptors (Lipinski definition) is 3. The Labute approximate surface area is 109 Å². The Kier molecular flexibility index (Phi) is 6.36. The molecule has 0 aliphatic heterocycles. The van der Waals surface area contributed by atoms with E-state index in [-0.39, 0.29) is 17.9 Å². The number of carbonyl (C=O) groups is 1. The molecular weight excluding hydrogens is 228 g/mol. The zero-order valence-corrected chi connectivity index (χ0v) is 11.3. The van der Waals surface area contributed by atoms with Crippen LogP contribution in [0.4, 0.5) is 0 Å². The molecule has 100 valence electrons. The van der Waals surface area contributed by atoms with Gasteiger partial charge in [-0.05, 0) is 31.4 Å². The van der Waals surface area contributed by atoms with Gasteiger partial charge in [-0.15, -0.1) is 0 Å². The molecule has 1 aliphatic rings. The lowest BCUT2D eigenvalue weighted by molar-refractivity contribution is -0.140. The Bertz CT molecular complexity index is 350. The first-order valence-corrected chi connectivity index (χ1v) is 6.67. The maximum absolute atomic E-state index is 11.4. The Morgan fingerprint density at radius 3 is 2.72 bits per heavy atom. The van der Waals surface area contributed by atoms with Crippen LogP contribution in [0.2, 0.25) is 0 Å². The first-order valence-electron chi connectivity index (χ1n) is 6.67. The van der Waals surface area contributed by atoms with E-state index in [0.717, 1.165) is 25.0 Å². The standard InChI is InChI=1S/C12H16N2O2.C2H6/c1-2-11(10-5-3-4-8-13-10)16-14-12(15)9-6-7-9;1-2/h3-5,8-9,11H,2,6-7H2,1H3,(H,14,15);1-2H3. The number of rotatable bonds is 5. The predicted molar refractivity (Wildman–Crippen MR) is 70.6 cm³/mol. The molecule has 0 spiro atoms. The van der Waals surface area contributed by atoms with Crippen LogP contribution in [0.5, 0.6) is 0 Å². The van der Waals surface area contributed by atoms with Crippen molar-refractivity contribution in [2.24, 2.45) is 5.92 Å². The third-order valence-corrected chi connectivity index (χ3v) is 2.64. The van der Waals surface area contributed by atoms with Crippen molar-refractivity contribution < 1.29 is 9.63 Å². The molecule has 4 nitrogen and oxygen atoms in total. The number of aromatic nitrogens is 1. The number of nitrogens with one attached hydrogen (secondary N) is 1. The third kappa shape index (κ3) is 4.45. The molecule has 1 heterocycles. The zero-order valence-electron chi connectivity index (χ0n) is 11.3. The normalized spacial score (nSPS) is 15.3. The second-order valence-corrected chi connectivity index (χ2v) is 4.01. The molecule has 2 rings (SSSR count). The van der Waals surface area contributed by atoms with E-state index in [1.165, 1.54) is 0 Å². The highest BCUT2D eigenvalue weighted by Gasteiger charge is 2.30. The minimum atomic E-state index is -0.163. The first kappa shape index (κ1) is 14.6. The fourth-order valence-electron chi connectivity index (χ4n) is 1.48. The van der Waals surface area contributed by atoms with Crippen LogP contribution in [-0.4, -0.2) is 10.9 Å². The van der Waals surface area contributed by atoms with Gasteiger partial charge >= 0.3 is 0 Å². The summed E-state index contributed by atoms with van der Waals surface area (Å²) in [5, 5.41) is 0. The minimum Gasteiger partial charge on any atom is -0.272 e. The number of hydroxylamine groups is 1. The van der Waals surface area contributed by atoms with Crippen molar-refractivity contribution in [3.05, 3.63) is 30.1 Å². The van der Waals surface area contributed by atoms with Crippen molar-refractivity contribution in [3.8, 4) is 0 Å². The molecule has 0 saturated heterocycles. The molecule has 1 aliphatic carbocycles. The summed E-state index contributed by atoms with van der Waals surface area (Å²) < 4.78 is 0. The number of carbonyl (C=O) groups excluding carboxylic acids is 1. The van der Waals surface area contributed by atoms with E-state index in [2.05, 4.69) is 10.5 Å². The van der Waals surface area contributed by atoms with Crippen LogP contribution < -0.4 is 5.48 Å². The van der Waals surface area contributed by atoms with E-state index in [4.69, 9.17) is 4.84 Å². The van der Waals surface area contributed by atoms with E-state index >= 15 is 0 Å². The van der Waals surface area contributed by atoms with E-state index in [1.807, 2.05) is 39.0 Å². The van der Waals surface area contributed by atoms with Crippen LogP contribution in [-0.2, 0) is 9.63 Å². The lowest BCUT2D eigenvalue weighted by atomic mass is 10.2. The number of nitrogens with zero attached hydrogens (tertiary/aromatic N) is 1. The van der Waals surface area contributed by atoms with Crippen LogP contribution in [0.15, 0.2) is 24.4 Å². The molecule has 4 heteroatoms. The van der Waals surface area contributed by atoms with E-state index in [9.17, 15) is 4.79 Å². The molecule has 1 amide bonds. The molecule has 1 aromatic rings. The second-order valence-electron chi connectivity index (χ2n) is 4.01. The average molecular weight is 250 g/mol. The molecule has 1 saturated carbocycles. The number of hydrogen-bond donors (Lipinski definition) is 1. The third-order valence-electron chi connectivity index (χ3n) is 2.64. The molecule has 1 aromatic heterocycles. The molecule has 0 bridgehead atoms. The monoisotopic (exact) mass is 250 g/mol. The Balaban J connectivity index is 0.000000771. The van der Waals surface area contributed by atoms with Gasteiger partial charge in [-0.3, -0.25) is 14.6 Å². The van der Waals surface area contributed by atoms with Gasteiger partial charge in [-0.1, -0.05) is 26.8 Å². The quantitative estimate of drug-likeness (QED) is 0.817. The lowest BCUT2D eigenvalue weighted by Crippen LogP contribution is -2.27. The van der Waals surface area contributed by atoms with Crippen LogP contribution >= 0.6 is 0 Å². The van der Waals surface area contributed by atoms with Crippen molar-refractivity contribution in [3.63, 3.8) is 0 Å². The summed E-state index contributed by atoms with van der Waals surface area (Å²) in [6, 6.07) is 5.67. The van der Waals surface area contributed by atoms with E-state index in [1.54, 1.807) is 6.20 Å². The van der Waals surface area contributed by atoms with Crippen molar-refractivity contribution in [1.82, 2.24) is 10.5 Å². The second kappa shape index (κ2) is 7.82. The topological polar surface area (TPSA) is 51.2 Å². The van der Waals surface area contributed by atoms with Gasteiger partial charge in [0.15, 0.2) is 0 Å². The van der Waals surface area contributed by atoms with Crippen molar-refractivity contribution in [1.29, 1.82) is 0 Å². The summed E-state index contributed by atoms with van der Waals surface area (Å²) in [7, 11) is 0. The number of amides is 1. The summed E-state index contributed by atoms with van der Waals surface area (Å²) in [6.07, 6.45) is 4.31.